The first-order valence-corrected chi connectivity index (χ1v) is 8.60. The van der Waals surface area contributed by atoms with Crippen LogP contribution in [0, 0.1) is 6.92 Å². The maximum atomic E-state index is 12.5. The Bertz CT molecular complexity index is 889. The number of primary amides is 1. The summed E-state index contributed by atoms with van der Waals surface area (Å²) in [5.74, 6) is -1.05. The van der Waals surface area contributed by atoms with Crippen molar-refractivity contribution in [3.8, 4) is 10.6 Å². The zero-order chi connectivity index (χ0) is 17.8. The summed E-state index contributed by atoms with van der Waals surface area (Å²) in [4.78, 5) is 28.5. The number of aromatic nitrogens is 1. The molecule has 0 aliphatic heterocycles. The molecule has 3 aromatic rings. The highest BCUT2D eigenvalue weighted by atomic mass is 32.1. The van der Waals surface area contributed by atoms with Crippen LogP contribution in [0.4, 0.5) is 0 Å². The summed E-state index contributed by atoms with van der Waals surface area (Å²) in [6.07, 6.45) is 0. The van der Waals surface area contributed by atoms with E-state index in [4.69, 9.17) is 5.73 Å². The van der Waals surface area contributed by atoms with Gasteiger partial charge >= 0.3 is 0 Å². The van der Waals surface area contributed by atoms with E-state index in [1.807, 2.05) is 37.3 Å². The van der Waals surface area contributed by atoms with Crippen LogP contribution in [0.3, 0.4) is 0 Å². The van der Waals surface area contributed by atoms with Gasteiger partial charge in [-0.15, -0.1) is 11.3 Å². The molecule has 0 aliphatic carbocycles. The number of amides is 2. The summed E-state index contributed by atoms with van der Waals surface area (Å²) >= 11 is 1.38. The largest absolute Gasteiger partial charge is 0.368 e. The first kappa shape index (κ1) is 16.9. The number of benzene rings is 2. The average molecular weight is 351 g/mol. The average Bonchev–Trinajstić information content (AvgIpc) is 3.11. The van der Waals surface area contributed by atoms with Gasteiger partial charge in [-0.3, -0.25) is 9.59 Å². The molecule has 0 saturated heterocycles. The van der Waals surface area contributed by atoms with Crippen molar-refractivity contribution in [3.63, 3.8) is 0 Å². The van der Waals surface area contributed by atoms with Crippen LogP contribution in [0.1, 0.15) is 27.7 Å². The molecule has 25 heavy (non-hydrogen) atoms. The highest BCUT2D eigenvalue weighted by Gasteiger charge is 2.22. The molecule has 2 amide bonds. The smallest absolute Gasteiger partial charge is 0.271 e. The summed E-state index contributed by atoms with van der Waals surface area (Å²) in [5, 5.41) is 5.08. The number of aryl methyl sites for hydroxylation is 1. The van der Waals surface area contributed by atoms with E-state index >= 15 is 0 Å². The Kier molecular flexibility index (Phi) is 4.90. The molecule has 0 saturated carbocycles. The van der Waals surface area contributed by atoms with Gasteiger partial charge in [-0.1, -0.05) is 60.2 Å². The van der Waals surface area contributed by atoms with Gasteiger partial charge in [0.25, 0.3) is 5.91 Å². The molecular weight excluding hydrogens is 334 g/mol. The summed E-state index contributed by atoms with van der Waals surface area (Å²) in [6.45, 7) is 2.01. The van der Waals surface area contributed by atoms with Crippen molar-refractivity contribution >= 4 is 23.2 Å². The molecule has 2 aromatic carbocycles. The number of nitrogens with zero attached hydrogens (tertiary/aromatic N) is 1. The lowest BCUT2D eigenvalue weighted by Crippen LogP contribution is -2.37. The number of rotatable bonds is 5. The predicted molar refractivity (Wildman–Crippen MR) is 98.1 cm³/mol. The lowest BCUT2D eigenvalue weighted by molar-refractivity contribution is -0.120. The summed E-state index contributed by atoms with van der Waals surface area (Å²) in [6, 6.07) is 15.9. The number of nitrogens with two attached hydrogens (primary N) is 1. The minimum absolute atomic E-state index is 0.266. The second-order valence-electron chi connectivity index (χ2n) is 5.62. The third kappa shape index (κ3) is 3.92. The molecule has 0 spiro atoms. The van der Waals surface area contributed by atoms with Crippen molar-refractivity contribution in [1.29, 1.82) is 0 Å². The first-order valence-electron chi connectivity index (χ1n) is 7.72. The van der Waals surface area contributed by atoms with Crippen LogP contribution in [0.15, 0.2) is 60.0 Å². The van der Waals surface area contributed by atoms with Crippen molar-refractivity contribution < 1.29 is 9.59 Å². The Hall–Kier alpha value is -2.99. The van der Waals surface area contributed by atoms with Crippen molar-refractivity contribution in [1.82, 2.24) is 10.3 Å². The summed E-state index contributed by atoms with van der Waals surface area (Å²) in [7, 11) is 0. The molecule has 1 heterocycles. The molecule has 0 unspecified atom stereocenters. The van der Waals surface area contributed by atoms with Gasteiger partial charge in [0.1, 0.15) is 16.7 Å². The fraction of sp³-hybridized carbons (Fsp3) is 0.105. The number of carbonyl (C=O) groups is 2. The van der Waals surface area contributed by atoms with Gasteiger partial charge in [0.15, 0.2) is 0 Å². The molecule has 126 valence electrons. The Morgan fingerprint density at radius 1 is 1.08 bits per heavy atom. The molecule has 0 radical (unpaired) electrons. The molecule has 6 heteroatoms. The van der Waals surface area contributed by atoms with Gasteiger partial charge in [0.05, 0.1) is 0 Å². The van der Waals surface area contributed by atoms with Crippen molar-refractivity contribution in [2.75, 3.05) is 0 Å². The fourth-order valence-corrected chi connectivity index (χ4v) is 3.18. The minimum Gasteiger partial charge on any atom is -0.368 e. The Labute approximate surface area is 149 Å². The molecule has 0 fully saturated rings. The van der Waals surface area contributed by atoms with Crippen molar-refractivity contribution in [3.05, 3.63) is 76.8 Å². The third-order valence-electron chi connectivity index (χ3n) is 3.73. The number of hydrogen-bond donors (Lipinski definition) is 2. The van der Waals surface area contributed by atoms with E-state index in [9.17, 15) is 9.59 Å². The van der Waals surface area contributed by atoms with E-state index in [1.165, 1.54) is 11.3 Å². The zero-order valence-corrected chi connectivity index (χ0v) is 14.4. The molecule has 5 nitrogen and oxygen atoms in total. The van der Waals surface area contributed by atoms with E-state index < -0.39 is 17.9 Å². The van der Waals surface area contributed by atoms with Crippen LogP contribution < -0.4 is 11.1 Å². The lowest BCUT2D eigenvalue weighted by atomic mass is 10.1. The van der Waals surface area contributed by atoms with Crippen LogP contribution in [0.25, 0.3) is 10.6 Å². The number of nitrogens with one attached hydrogen (secondary N) is 1. The molecule has 1 aromatic heterocycles. The zero-order valence-electron chi connectivity index (χ0n) is 13.6. The van der Waals surface area contributed by atoms with E-state index in [0.29, 0.717) is 5.56 Å². The lowest BCUT2D eigenvalue weighted by Gasteiger charge is -2.14. The number of carbonyl (C=O) groups excluding carboxylic acids is 2. The topological polar surface area (TPSA) is 85.1 Å². The quantitative estimate of drug-likeness (QED) is 0.741. The predicted octanol–water partition coefficient (Wildman–Crippen LogP) is 3.07. The molecule has 0 bridgehead atoms. The van der Waals surface area contributed by atoms with Gasteiger partial charge in [-0.25, -0.2) is 4.98 Å². The minimum atomic E-state index is -0.891. The first-order chi connectivity index (χ1) is 12.0. The van der Waals surface area contributed by atoms with Crippen LogP contribution in [0.5, 0.6) is 0 Å². The third-order valence-corrected chi connectivity index (χ3v) is 4.62. The second kappa shape index (κ2) is 7.27. The van der Waals surface area contributed by atoms with Crippen molar-refractivity contribution in [2.45, 2.75) is 13.0 Å². The Morgan fingerprint density at radius 3 is 2.40 bits per heavy atom. The van der Waals surface area contributed by atoms with Crippen LogP contribution >= 0.6 is 11.3 Å². The van der Waals surface area contributed by atoms with Crippen LogP contribution in [0.2, 0.25) is 0 Å². The Morgan fingerprint density at radius 2 is 1.76 bits per heavy atom. The monoisotopic (exact) mass is 351 g/mol. The van der Waals surface area contributed by atoms with Gasteiger partial charge in [0, 0.05) is 10.9 Å². The number of hydrogen-bond acceptors (Lipinski definition) is 4. The van der Waals surface area contributed by atoms with E-state index in [2.05, 4.69) is 10.3 Å². The van der Waals surface area contributed by atoms with Gasteiger partial charge < -0.3 is 11.1 Å². The molecule has 1 atom stereocenters. The SMILES string of the molecule is Cc1ccc(-c2nc(C(=O)N[C@@H](C(N)=O)c3ccccc3)cs2)cc1. The van der Waals surface area contributed by atoms with E-state index in [1.54, 1.807) is 29.6 Å². The highest BCUT2D eigenvalue weighted by molar-refractivity contribution is 7.13. The van der Waals surface area contributed by atoms with Gasteiger partial charge in [0.2, 0.25) is 5.91 Å². The van der Waals surface area contributed by atoms with Crippen LogP contribution in [-0.4, -0.2) is 16.8 Å². The Balaban J connectivity index is 1.79. The maximum Gasteiger partial charge on any atom is 0.271 e. The van der Waals surface area contributed by atoms with Gasteiger partial charge in [-0.05, 0) is 12.5 Å². The summed E-state index contributed by atoms with van der Waals surface area (Å²) < 4.78 is 0. The van der Waals surface area contributed by atoms with Crippen molar-refractivity contribution in [2.24, 2.45) is 5.73 Å². The molecule has 3 rings (SSSR count). The van der Waals surface area contributed by atoms with Gasteiger partial charge in [-0.2, -0.15) is 0 Å². The van der Waals surface area contributed by atoms with Crippen LogP contribution in [-0.2, 0) is 4.79 Å². The molecule has 0 aliphatic rings. The fourth-order valence-electron chi connectivity index (χ4n) is 2.38. The van der Waals surface area contributed by atoms with E-state index in [-0.39, 0.29) is 5.69 Å². The molecular formula is C19H17N3O2S. The second-order valence-corrected chi connectivity index (χ2v) is 6.48. The summed E-state index contributed by atoms with van der Waals surface area (Å²) in [5.41, 5.74) is 8.44. The highest BCUT2D eigenvalue weighted by Crippen LogP contribution is 2.24. The maximum absolute atomic E-state index is 12.5. The normalized spacial score (nSPS) is 11.7. The standard InChI is InChI=1S/C19H17N3O2S/c1-12-7-9-14(10-8-12)19-21-15(11-25-19)18(24)22-16(17(20)23)13-5-3-2-4-6-13/h2-11,16H,1H3,(H2,20,23)(H,22,24)/t16-/m1/s1. The molecule has 3 N–H and O–H groups in total. The number of thiazole rings is 1. The van der Waals surface area contributed by atoms with E-state index in [0.717, 1.165) is 16.1 Å².